The normalized spacial score (nSPS) is 19.3. The highest BCUT2D eigenvalue weighted by Crippen LogP contribution is 2.31. The molecule has 0 radical (unpaired) electrons. The summed E-state index contributed by atoms with van der Waals surface area (Å²) in [4.78, 5) is 11.5. The number of carbonyl (C=O) groups excluding carboxylic acids is 1. The Balaban J connectivity index is 0.00000156. The van der Waals surface area contributed by atoms with E-state index in [1.165, 1.54) is 22.8 Å². The lowest BCUT2D eigenvalue weighted by Gasteiger charge is -2.10. The van der Waals surface area contributed by atoms with E-state index >= 15 is 0 Å². The van der Waals surface area contributed by atoms with Gasteiger partial charge in [0.15, 0.2) is 0 Å². The average molecular weight is 308 g/mol. The Morgan fingerprint density at radius 3 is 2.96 bits per heavy atom. The lowest BCUT2D eigenvalue weighted by molar-refractivity contribution is -0.111. The van der Waals surface area contributed by atoms with Crippen LogP contribution in [0.4, 0.5) is 5.69 Å². The molecule has 1 heterocycles. The fraction of sp³-hybridized carbons (Fsp3) is 0.150. The molecular formula is C20H24N2O. The van der Waals surface area contributed by atoms with E-state index in [1.807, 2.05) is 18.2 Å². The van der Waals surface area contributed by atoms with Gasteiger partial charge in [0.05, 0.1) is 6.04 Å². The summed E-state index contributed by atoms with van der Waals surface area (Å²) in [6, 6.07) is 8.11. The Morgan fingerprint density at radius 1 is 1.35 bits per heavy atom. The quantitative estimate of drug-likeness (QED) is 0.810. The van der Waals surface area contributed by atoms with Crippen LogP contribution in [0.25, 0.3) is 5.57 Å². The van der Waals surface area contributed by atoms with Gasteiger partial charge in [0.1, 0.15) is 0 Å². The van der Waals surface area contributed by atoms with E-state index in [2.05, 4.69) is 61.6 Å². The third kappa shape index (κ3) is 3.19. The minimum atomic E-state index is -0.203. The maximum atomic E-state index is 11.5. The van der Waals surface area contributed by atoms with Crippen molar-refractivity contribution < 1.29 is 7.65 Å². The molecule has 1 unspecified atom stereocenters. The van der Waals surface area contributed by atoms with Crippen molar-refractivity contribution in [3.05, 3.63) is 83.6 Å². The monoisotopic (exact) mass is 308 g/mol. The number of hydrogen-bond acceptors (Lipinski definition) is 2. The Kier molecular flexibility index (Phi) is 4.02. The Morgan fingerprint density at radius 2 is 2.17 bits per heavy atom. The molecule has 1 aromatic rings. The second kappa shape index (κ2) is 6.13. The molecule has 2 N–H and O–H groups in total. The Hall–Kier alpha value is -2.81. The van der Waals surface area contributed by atoms with Crippen molar-refractivity contribution in [1.82, 2.24) is 5.32 Å². The van der Waals surface area contributed by atoms with Crippen LogP contribution in [0.15, 0.2) is 78.1 Å². The first-order valence-corrected chi connectivity index (χ1v) is 7.65. The van der Waals surface area contributed by atoms with Gasteiger partial charge in [-0.2, -0.15) is 0 Å². The number of fused-ring (bicyclic) bond motifs is 1. The molecule has 0 fully saturated rings. The van der Waals surface area contributed by atoms with Gasteiger partial charge in [-0.1, -0.05) is 36.4 Å². The number of rotatable bonds is 3. The van der Waals surface area contributed by atoms with Gasteiger partial charge in [-0.05, 0) is 60.4 Å². The molecule has 0 spiro atoms. The number of carbonyl (C=O) groups is 1. The summed E-state index contributed by atoms with van der Waals surface area (Å²) in [6.45, 7) is 7.71. The van der Waals surface area contributed by atoms with E-state index in [9.17, 15) is 4.79 Å². The first kappa shape index (κ1) is 15.1. The highest BCUT2D eigenvalue weighted by molar-refractivity contribution is 5.99. The smallest absolute Gasteiger partial charge is 0.247 e. The van der Waals surface area contributed by atoms with Crippen LogP contribution in [0.1, 0.15) is 22.3 Å². The molecule has 3 heteroatoms. The number of allylic oxidation sites excluding steroid dienone is 4. The molecule has 0 saturated carbocycles. The molecular weight excluding hydrogens is 284 g/mol. The fourth-order valence-electron chi connectivity index (χ4n) is 2.88. The van der Waals surface area contributed by atoms with Crippen LogP contribution in [0.5, 0.6) is 0 Å². The van der Waals surface area contributed by atoms with E-state index in [1.54, 1.807) is 0 Å². The second-order valence-electron chi connectivity index (χ2n) is 5.86. The van der Waals surface area contributed by atoms with E-state index in [0.717, 1.165) is 16.8 Å². The molecule has 1 aromatic carbocycles. The molecule has 3 rings (SSSR count). The third-order valence-corrected chi connectivity index (χ3v) is 4.04. The van der Waals surface area contributed by atoms with Crippen molar-refractivity contribution in [3.8, 4) is 0 Å². The first-order chi connectivity index (χ1) is 11.1. The molecule has 0 bridgehead atoms. The van der Waals surface area contributed by atoms with Crippen molar-refractivity contribution in [3.63, 3.8) is 0 Å². The summed E-state index contributed by atoms with van der Waals surface area (Å²) in [5.74, 6) is -0.203. The largest absolute Gasteiger partial charge is 0.380 e. The third-order valence-electron chi connectivity index (χ3n) is 4.04. The second-order valence-corrected chi connectivity index (χ2v) is 5.86. The Labute approximate surface area is 139 Å². The topological polar surface area (TPSA) is 41.1 Å². The lowest BCUT2D eigenvalue weighted by atomic mass is 9.98. The van der Waals surface area contributed by atoms with E-state index in [0.29, 0.717) is 0 Å². The van der Waals surface area contributed by atoms with Crippen LogP contribution in [0.2, 0.25) is 0 Å². The molecule has 1 amide bonds. The van der Waals surface area contributed by atoms with Crippen molar-refractivity contribution in [1.29, 1.82) is 0 Å². The van der Waals surface area contributed by atoms with Crippen LogP contribution < -0.4 is 10.6 Å². The molecule has 0 aromatic heterocycles. The summed E-state index contributed by atoms with van der Waals surface area (Å²) in [5, 5.41) is 6.20. The molecule has 1 aliphatic carbocycles. The average Bonchev–Trinajstić information content (AvgIpc) is 2.78. The van der Waals surface area contributed by atoms with Gasteiger partial charge in [0, 0.05) is 14.7 Å². The maximum Gasteiger partial charge on any atom is 0.247 e. The highest BCUT2D eigenvalue weighted by Gasteiger charge is 2.20. The molecule has 1 aliphatic heterocycles. The molecule has 0 saturated heterocycles. The van der Waals surface area contributed by atoms with Crippen LogP contribution in [-0.4, -0.2) is 11.9 Å². The summed E-state index contributed by atoms with van der Waals surface area (Å²) in [6.07, 6.45) is 9.96. The van der Waals surface area contributed by atoms with Crippen LogP contribution >= 0.6 is 0 Å². The standard InChI is InChI=1S/C20H20N2O.2H2/c1-4-20(23)22-17-7-5-6-15(10-17)16-8-13(2)9-19-18(11-16)14(3)12-21-19;;/h4-12,19,21H,1H2,2-3H3,(H,22,23);2*1H. The summed E-state index contributed by atoms with van der Waals surface area (Å²) < 4.78 is 0. The van der Waals surface area contributed by atoms with Gasteiger partial charge >= 0.3 is 0 Å². The van der Waals surface area contributed by atoms with Crippen LogP contribution in [0, 0.1) is 0 Å². The zero-order valence-electron chi connectivity index (χ0n) is 13.4. The predicted molar refractivity (Wildman–Crippen MR) is 100.0 cm³/mol. The van der Waals surface area contributed by atoms with Gasteiger partial charge in [-0.25, -0.2) is 0 Å². The predicted octanol–water partition coefficient (Wildman–Crippen LogP) is 4.45. The Bertz CT molecular complexity index is 804. The molecule has 2 aliphatic rings. The molecule has 120 valence electrons. The summed E-state index contributed by atoms with van der Waals surface area (Å²) in [5.41, 5.74) is 6.74. The van der Waals surface area contributed by atoms with Crippen molar-refractivity contribution >= 4 is 17.2 Å². The van der Waals surface area contributed by atoms with Crippen molar-refractivity contribution in [2.45, 2.75) is 19.9 Å². The van der Waals surface area contributed by atoms with Crippen molar-refractivity contribution in [2.75, 3.05) is 5.32 Å². The van der Waals surface area contributed by atoms with Crippen LogP contribution in [-0.2, 0) is 4.79 Å². The summed E-state index contributed by atoms with van der Waals surface area (Å²) >= 11 is 0. The van der Waals surface area contributed by atoms with E-state index < -0.39 is 0 Å². The zero-order valence-corrected chi connectivity index (χ0v) is 13.4. The van der Waals surface area contributed by atoms with Gasteiger partial charge in [0.25, 0.3) is 0 Å². The maximum absolute atomic E-state index is 11.5. The first-order valence-electron chi connectivity index (χ1n) is 7.65. The SMILES string of the molecule is C=CC(=O)Nc1cccc(C2=CC(C)=CC3NC=C(C)C3=C2)c1.[HH].[HH]. The molecule has 3 nitrogen and oxygen atoms in total. The van der Waals surface area contributed by atoms with Gasteiger partial charge in [0.2, 0.25) is 5.91 Å². The molecule has 1 atom stereocenters. The number of amides is 1. The molecule has 23 heavy (non-hydrogen) atoms. The summed E-state index contributed by atoms with van der Waals surface area (Å²) in [7, 11) is 0. The van der Waals surface area contributed by atoms with Crippen LogP contribution in [0.3, 0.4) is 0 Å². The number of benzene rings is 1. The van der Waals surface area contributed by atoms with Crippen molar-refractivity contribution in [2.24, 2.45) is 0 Å². The lowest BCUT2D eigenvalue weighted by Crippen LogP contribution is -2.18. The minimum absolute atomic E-state index is 0. The van der Waals surface area contributed by atoms with Gasteiger partial charge < -0.3 is 10.6 Å². The highest BCUT2D eigenvalue weighted by atomic mass is 16.1. The minimum Gasteiger partial charge on any atom is -0.380 e. The van der Waals surface area contributed by atoms with E-state index in [-0.39, 0.29) is 14.8 Å². The number of nitrogens with one attached hydrogen (secondary N) is 2. The zero-order chi connectivity index (χ0) is 16.4. The van der Waals surface area contributed by atoms with Gasteiger partial charge in [-0.3, -0.25) is 4.79 Å². The van der Waals surface area contributed by atoms with Gasteiger partial charge in [-0.15, -0.1) is 0 Å². The fourth-order valence-corrected chi connectivity index (χ4v) is 2.88. The number of anilines is 1. The van der Waals surface area contributed by atoms with E-state index in [4.69, 9.17) is 0 Å². The number of hydrogen-bond donors (Lipinski definition) is 2.